The molecule has 0 aromatic carbocycles. The summed E-state index contributed by atoms with van der Waals surface area (Å²) in [4.78, 5) is 8.31. The maximum absolute atomic E-state index is 4.35. The third-order valence-electron chi connectivity index (χ3n) is 2.66. The van der Waals surface area contributed by atoms with Crippen LogP contribution in [0.5, 0.6) is 0 Å². The van der Waals surface area contributed by atoms with Crippen LogP contribution in [0.1, 0.15) is 6.04 Å². The summed E-state index contributed by atoms with van der Waals surface area (Å²) in [6.45, 7) is 1.84. The molecule has 1 aliphatic rings. The van der Waals surface area contributed by atoms with E-state index in [1.165, 1.54) is 0 Å². The van der Waals surface area contributed by atoms with Gasteiger partial charge in [0.05, 0.1) is 12.4 Å². The second-order valence-electron chi connectivity index (χ2n) is 3.74. The standard InChI is InChI=1S/C10H10BrN5/c11-8-1-2-10(12-5-8)15-6-9(7-15)16-13-3-4-14-16/h1-5,9H,6-7H2. The van der Waals surface area contributed by atoms with Gasteiger partial charge in [-0.15, -0.1) is 0 Å². The zero-order chi connectivity index (χ0) is 11.0. The van der Waals surface area contributed by atoms with Crippen molar-refractivity contribution >= 4 is 21.7 Å². The van der Waals surface area contributed by atoms with Crippen molar-refractivity contribution in [2.45, 2.75) is 6.04 Å². The highest BCUT2D eigenvalue weighted by Crippen LogP contribution is 2.25. The van der Waals surface area contributed by atoms with Crippen LogP contribution < -0.4 is 4.90 Å². The first-order valence-corrected chi connectivity index (χ1v) is 5.84. The highest BCUT2D eigenvalue weighted by atomic mass is 79.9. The molecule has 1 fully saturated rings. The monoisotopic (exact) mass is 279 g/mol. The van der Waals surface area contributed by atoms with Gasteiger partial charge in [0.15, 0.2) is 0 Å². The number of rotatable bonds is 2. The van der Waals surface area contributed by atoms with Crippen molar-refractivity contribution < 1.29 is 0 Å². The van der Waals surface area contributed by atoms with Crippen molar-refractivity contribution in [2.75, 3.05) is 18.0 Å². The average Bonchev–Trinajstić information content (AvgIpc) is 2.72. The third-order valence-corrected chi connectivity index (χ3v) is 3.13. The number of aromatic nitrogens is 4. The molecule has 2 aromatic heterocycles. The van der Waals surface area contributed by atoms with Crippen LogP contribution in [0.3, 0.4) is 0 Å². The predicted octanol–water partition coefficient (Wildman–Crippen LogP) is 1.50. The molecule has 0 radical (unpaired) electrons. The number of hydrogen-bond acceptors (Lipinski definition) is 4. The minimum atomic E-state index is 0.375. The van der Waals surface area contributed by atoms with Crippen molar-refractivity contribution in [3.63, 3.8) is 0 Å². The van der Waals surface area contributed by atoms with Gasteiger partial charge in [0, 0.05) is 23.8 Å². The molecule has 3 rings (SSSR count). The lowest BCUT2D eigenvalue weighted by Gasteiger charge is -2.39. The maximum atomic E-state index is 4.35. The summed E-state index contributed by atoms with van der Waals surface area (Å²) in [7, 11) is 0. The number of nitrogens with zero attached hydrogens (tertiary/aromatic N) is 5. The van der Waals surface area contributed by atoms with E-state index in [-0.39, 0.29) is 0 Å². The van der Waals surface area contributed by atoms with Gasteiger partial charge in [0.1, 0.15) is 11.9 Å². The first kappa shape index (κ1) is 9.77. The van der Waals surface area contributed by atoms with Crippen molar-refractivity contribution in [1.29, 1.82) is 0 Å². The summed E-state index contributed by atoms with van der Waals surface area (Å²) < 4.78 is 1.00. The fourth-order valence-electron chi connectivity index (χ4n) is 1.76. The van der Waals surface area contributed by atoms with E-state index in [9.17, 15) is 0 Å². The Morgan fingerprint density at radius 3 is 2.56 bits per heavy atom. The van der Waals surface area contributed by atoms with Crippen molar-refractivity contribution in [3.05, 3.63) is 35.2 Å². The van der Waals surface area contributed by atoms with Crippen LogP contribution in [0.4, 0.5) is 5.82 Å². The van der Waals surface area contributed by atoms with E-state index in [0.717, 1.165) is 23.4 Å². The topological polar surface area (TPSA) is 46.8 Å². The average molecular weight is 280 g/mol. The molecule has 3 heterocycles. The Morgan fingerprint density at radius 1 is 1.19 bits per heavy atom. The fourth-order valence-corrected chi connectivity index (χ4v) is 1.99. The number of halogens is 1. The Bertz CT molecular complexity index is 460. The lowest BCUT2D eigenvalue weighted by molar-refractivity contribution is 0.331. The van der Waals surface area contributed by atoms with Crippen LogP contribution in [0.25, 0.3) is 0 Å². The Morgan fingerprint density at radius 2 is 1.94 bits per heavy atom. The van der Waals surface area contributed by atoms with Gasteiger partial charge in [0.25, 0.3) is 0 Å². The van der Waals surface area contributed by atoms with Crippen molar-refractivity contribution in [3.8, 4) is 0 Å². The van der Waals surface area contributed by atoms with Crippen molar-refractivity contribution in [2.24, 2.45) is 0 Å². The number of hydrogen-bond donors (Lipinski definition) is 0. The minimum absolute atomic E-state index is 0.375. The van der Waals surface area contributed by atoms with E-state index in [0.29, 0.717) is 6.04 Å². The molecule has 0 spiro atoms. The molecule has 1 saturated heterocycles. The van der Waals surface area contributed by atoms with E-state index < -0.39 is 0 Å². The molecular formula is C10H10BrN5. The zero-order valence-electron chi connectivity index (χ0n) is 8.49. The Balaban J connectivity index is 1.67. The molecule has 1 aliphatic heterocycles. The molecule has 0 atom stereocenters. The summed E-state index contributed by atoms with van der Waals surface area (Å²) in [5, 5.41) is 8.26. The molecule has 0 unspecified atom stereocenters. The van der Waals surface area contributed by atoms with Crippen LogP contribution in [0, 0.1) is 0 Å². The molecule has 16 heavy (non-hydrogen) atoms. The minimum Gasteiger partial charge on any atom is -0.352 e. The molecule has 2 aromatic rings. The highest BCUT2D eigenvalue weighted by molar-refractivity contribution is 9.10. The molecule has 5 nitrogen and oxygen atoms in total. The van der Waals surface area contributed by atoms with E-state index in [4.69, 9.17) is 0 Å². The van der Waals surface area contributed by atoms with Gasteiger partial charge in [-0.05, 0) is 28.1 Å². The lowest BCUT2D eigenvalue weighted by Crippen LogP contribution is -2.48. The largest absolute Gasteiger partial charge is 0.352 e. The Hall–Kier alpha value is -1.43. The number of anilines is 1. The summed E-state index contributed by atoms with van der Waals surface area (Å²) >= 11 is 3.37. The SMILES string of the molecule is Brc1ccc(N2CC(n3nccn3)C2)nc1. The second kappa shape index (κ2) is 3.86. The van der Waals surface area contributed by atoms with Gasteiger partial charge in [-0.1, -0.05) is 0 Å². The van der Waals surface area contributed by atoms with Crippen LogP contribution in [0.15, 0.2) is 35.2 Å². The Labute approximate surface area is 101 Å². The smallest absolute Gasteiger partial charge is 0.128 e. The van der Waals surface area contributed by atoms with Crippen molar-refractivity contribution in [1.82, 2.24) is 20.0 Å². The van der Waals surface area contributed by atoms with Crippen LogP contribution >= 0.6 is 15.9 Å². The first-order chi connectivity index (χ1) is 7.83. The van der Waals surface area contributed by atoms with Gasteiger partial charge in [0.2, 0.25) is 0 Å². The van der Waals surface area contributed by atoms with E-state index in [2.05, 4.69) is 36.0 Å². The molecule has 6 heteroatoms. The van der Waals surface area contributed by atoms with Gasteiger partial charge < -0.3 is 4.90 Å². The van der Waals surface area contributed by atoms with Gasteiger partial charge in [-0.2, -0.15) is 15.0 Å². The first-order valence-electron chi connectivity index (χ1n) is 5.05. The Kier molecular flexibility index (Phi) is 2.36. The molecule has 0 amide bonds. The summed E-state index contributed by atoms with van der Waals surface area (Å²) in [5.74, 6) is 1.01. The van der Waals surface area contributed by atoms with Gasteiger partial charge in [-0.3, -0.25) is 0 Å². The summed E-state index contributed by atoms with van der Waals surface area (Å²) in [6.07, 6.45) is 5.23. The van der Waals surface area contributed by atoms with Crippen LogP contribution in [-0.4, -0.2) is 33.1 Å². The molecule has 0 N–H and O–H groups in total. The van der Waals surface area contributed by atoms with Crippen LogP contribution in [0.2, 0.25) is 0 Å². The third kappa shape index (κ3) is 1.69. The normalized spacial score (nSPS) is 16.2. The predicted molar refractivity (Wildman–Crippen MR) is 63.2 cm³/mol. The van der Waals surface area contributed by atoms with E-state index in [1.807, 2.05) is 18.3 Å². The fraction of sp³-hybridized carbons (Fsp3) is 0.300. The summed E-state index contributed by atoms with van der Waals surface area (Å²) in [5.41, 5.74) is 0. The quantitative estimate of drug-likeness (QED) is 0.836. The maximum Gasteiger partial charge on any atom is 0.128 e. The lowest BCUT2D eigenvalue weighted by atomic mass is 10.1. The van der Waals surface area contributed by atoms with E-state index in [1.54, 1.807) is 17.2 Å². The van der Waals surface area contributed by atoms with Gasteiger partial charge in [-0.25, -0.2) is 4.98 Å². The van der Waals surface area contributed by atoms with E-state index >= 15 is 0 Å². The highest BCUT2D eigenvalue weighted by Gasteiger charge is 2.30. The van der Waals surface area contributed by atoms with Crippen LogP contribution in [-0.2, 0) is 0 Å². The molecule has 82 valence electrons. The molecule has 0 aliphatic carbocycles. The van der Waals surface area contributed by atoms with Gasteiger partial charge >= 0.3 is 0 Å². The summed E-state index contributed by atoms with van der Waals surface area (Å²) in [6, 6.07) is 4.39. The molecular weight excluding hydrogens is 270 g/mol. The number of pyridine rings is 1. The molecule has 0 saturated carbocycles. The second-order valence-corrected chi connectivity index (χ2v) is 4.66. The zero-order valence-corrected chi connectivity index (χ0v) is 10.1. The molecule has 0 bridgehead atoms.